The third-order valence-corrected chi connectivity index (χ3v) is 2.43. The summed E-state index contributed by atoms with van der Waals surface area (Å²) < 4.78 is 1.73. The molecule has 88 valence electrons. The molecular formula is C11H12N4O2. The molecule has 0 fully saturated rings. The van der Waals surface area contributed by atoms with Crippen molar-refractivity contribution in [1.82, 2.24) is 14.8 Å². The highest BCUT2D eigenvalue weighted by Crippen LogP contribution is 2.14. The van der Waals surface area contributed by atoms with Gasteiger partial charge in [0.15, 0.2) is 0 Å². The standard InChI is InChI=1S/C11H12N4O2/c1-15-8(2-5-14-15)6-13-10-3-4-12-7-9(10)11(16)17/h2-5,7H,6H2,1H3,(H,12,13)(H,16,17). The van der Waals surface area contributed by atoms with Crippen LogP contribution in [0.5, 0.6) is 0 Å². The lowest BCUT2D eigenvalue weighted by molar-refractivity contribution is 0.0697. The molecule has 0 spiro atoms. The lowest BCUT2D eigenvalue weighted by atomic mass is 10.2. The maximum absolute atomic E-state index is 11.0. The fourth-order valence-electron chi connectivity index (χ4n) is 1.48. The van der Waals surface area contributed by atoms with Crippen molar-refractivity contribution in [3.05, 3.63) is 42.0 Å². The van der Waals surface area contributed by atoms with Crippen LogP contribution in [0.2, 0.25) is 0 Å². The molecule has 0 atom stereocenters. The molecule has 2 aromatic rings. The highest BCUT2D eigenvalue weighted by atomic mass is 16.4. The SMILES string of the molecule is Cn1nccc1CNc1ccncc1C(=O)O. The van der Waals surface area contributed by atoms with Crippen LogP contribution in [0, 0.1) is 0 Å². The number of hydrogen-bond donors (Lipinski definition) is 2. The maximum Gasteiger partial charge on any atom is 0.339 e. The summed E-state index contributed by atoms with van der Waals surface area (Å²) in [4.78, 5) is 14.7. The summed E-state index contributed by atoms with van der Waals surface area (Å²) in [5.41, 5.74) is 1.68. The van der Waals surface area contributed by atoms with E-state index in [-0.39, 0.29) is 5.56 Å². The Morgan fingerprint density at radius 2 is 2.29 bits per heavy atom. The minimum absolute atomic E-state index is 0.162. The summed E-state index contributed by atoms with van der Waals surface area (Å²) in [6.07, 6.45) is 4.58. The van der Waals surface area contributed by atoms with Crippen molar-refractivity contribution in [3.63, 3.8) is 0 Å². The number of aromatic carboxylic acids is 1. The molecule has 0 unspecified atom stereocenters. The zero-order valence-electron chi connectivity index (χ0n) is 9.29. The molecule has 0 radical (unpaired) electrons. The molecule has 6 nitrogen and oxygen atoms in total. The first kappa shape index (κ1) is 11.1. The van der Waals surface area contributed by atoms with Crippen LogP contribution in [0.15, 0.2) is 30.7 Å². The number of carbonyl (C=O) groups is 1. The monoisotopic (exact) mass is 232 g/mol. The van der Waals surface area contributed by atoms with Crippen molar-refractivity contribution in [3.8, 4) is 0 Å². The largest absolute Gasteiger partial charge is 0.478 e. The predicted octanol–water partition coefficient (Wildman–Crippen LogP) is 1.13. The molecule has 0 amide bonds. The Hall–Kier alpha value is -2.37. The first-order valence-electron chi connectivity index (χ1n) is 5.06. The van der Waals surface area contributed by atoms with Gasteiger partial charge in [-0.25, -0.2) is 4.79 Å². The zero-order chi connectivity index (χ0) is 12.3. The second kappa shape index (κ2) is 4.65. The molecule has 17 heavy (non-hydrogen) atoms. The van der Waals surface area contributed by atoms with Crippen LogP contribution >= 0.6 is 0 Å². The van der Waals surface area contributed by atoms with Crippen molar-refractivity contribution in [2.75, 3.05) is 5.32 Å². The Labute approximate surface area is 97.9 Å². The molecule has 0 saturated heterocycles. The number of carboxylic acids is 1. The van der Waals surface area contributed by atoms with Crippen molar-refractivity contribution in [2.24, 2.45) is 7.05 Å². The molecule has 2 aromatic heterocycles. The van der Waals surface area contributed by atoms with Crippen molar-refractivity contribution < 1.29 is 9.90 Å². The summed E-state index contributed by atoms with van der Waals surface area (Å²) >= 11 is 0. The van der Waals surface area contributed by atoms with Gasteiger partial charge in [0, 0.05) is 25.6 Å². The third-order valence-electron chi connectivity index (χ3n) is 2.43. The number of anilines is 1. The Morgan fingerprint density at radius 1 is 1.47 bits per heavy atom. The fourth-order valence-corrected chi connectivity index (χ4v) is 1.48. The highest BCUT2D eigenvalue weighted by molar-refractivity contribution is 5.93. The molecule has 0 aliphatic rings. The van der Waals surface area contributed by atoms with Crippen LogP contribution in [0.25, 0.3) is 0 Å². The van der Waals surface area contributed by atoms with Crippen LogP contribution in [0.1, 0.15) is 16.1 Å². The van der Waals surface area contributed by atoms with E-state index in [9.17, 15) is 4.79 Å². The maximum atomic E-state index is 11.0. The van der Waals surface area contributed by atoms with E-state index in [4.69, 9.17) is 5.11 Å². The van der Waals surface area contributed by atoms with E-state index in [1.807, 2.05) is 13.1 Å². The number of pyridine rings is 1. The fraction of sp³-hybridized carbons (Fsp3) is 0.182. The summed E-state index contributed by atoms with van der Waals surface area (Å²) in [6, 6.07) is 3.51. The van der Waals surface area contributed by atoms with Crippen molar-refractivity contribution >= 4 is 11.7 Å². The lowest BCUT2D eigenvalue weighted by Crippen LogP contribution is -2.09. The van der Waals surface area contributed by atoms with Gasteiger partial charge < -0.3 is 10.4 Å². The van der Waals surface area contributed by atoms with Gasteiger partial charge in [-0.1, -0.05) is 0 Å². The first-order valence-corrected chi connectivity index (χ1v) is 5.06. The Morgan fingerprint density at radius 3 is 2.94 bits per heavy atom. The molecular weight excluding hydrogens is 220 g/mol. The zero-order valence-corrected chi connectivity index (χ0v) is 9.29. The van der Waals surface area contributed by atoms with E-state index in [2.05, 4.69) is 15.4 Å². The highest BCUT2D eigenvalue weighted by Gasteiger charge is 2.09. The van der Waals surface area contributed by atoms with Crippen LogP contribution in [0.3, 0.4) is 0 Å². The van der Waals surface area contributed by atoms with Crippen molar-refractivity contribution in [2.45, 2.75) is 6.54 Å². The van der Waals surface area contributed by atoms with Gasteiger partial charge in [0.1, 0.15) is 5.56 Å². The van der Waals surface area contributed by atoms with E-state index >= 15 is 0 Å². The van der Waals surface area contributed by atoms with Gasteiger partial charge in [-0.05, 0) is 12.1 Å². The lowest BCUT2D eigenvalue weighted by Gasteiger charge is -2.08. The van der Waals surface area contributed by atoms with Crippen LogP contribution in [0.4, 0.5) is 5.69 Å². The Kier molecular flexibility index (Phi) is 3.04. The van der Waals surface area contributed by atoms with E-state index in [1.54, 1.807) is 23.1 Å². The van der Waals surface area contributed by atoms with Crippen LogP contribution in [-0.2, 0) is 13.6 Å². The smallest absolute Gasteiger partial charge is 0.339 e. The summed E-state index contributed by atoms with van der Waals surface area (Å²) in [6.45, 7) is 0.515. The average molecular weight is 232 g/mol. The minimum Gasteiger partial charge on any atom is -0.478 e. The molecule has 2 heterocycles. The summed E-state index contributed by atoms with van der Waals surface area (Å²) in [5.74, 6) is -0.995. The minimum atomic E-state index is -0.995. The van der Waals surface area contributed by atoms with E-state index < -0.39 is 5.97 Å². The summed E-state index contributed by atoms with van der Waals surface area (Å²) in [5, 5.41) is 16.1. The molecule has 0 saturated carbocycles. The molecule has 2 rings (SSSR count). The topological polar surface area (TPSA) is 80.0 Å². The third kappa shape index (κ3) is 2.41. The Bertz CT molecular complexity index is 536. The van der Waals surface area contributed by atoms with Gasteiger partial charge in [0.05, 0.1) is 17.9 Å². The normalized spacial score (nSPS) is 10.2. The number of nitrogens with one attached hydrogen (secondary N) is 1. The van der Waals surface area contributed by atoms with Gasteiger partial charge in [-0.15, -0.1) is 0 Å². The molecule has 6 heteroatoms. The molecule has 2 N–H and O–H groups in total. The number of carboxylic acid groups (broad SMARTS) is 1. The number of aromatic nitrogens is 3. The second-order valence-electron chi connectivity index (χ2n) is 3.53. The van der Waals surface area contributed by atoms with E-state index in [0.717, 1.165) is 5.69 Å². The van der Waals surface area contributed by atoms with Gasteiger partial charge in [-0.3, -0.25) is 9.67 Å². The molecule has 0 bridgehead atoms. The molecule has 0 aromatic carbocycles. The molecule has 0 aliphatic carbocycles. The number of hydrogen-bond acceptors (Lipinski definition) is 4. The number of aryl methyl sites for hydroxylation is 1. The summed E-state index contributed by atoms with van der Waals surface area (Å²) in [7, 11) is 1.83. The van der Waals surface area contributed by atoms with E-state index in [0.29, 0.717) is 12.2 Å². The van der Waals surface area contributed by atoms with E-state index in [1.165, 1.54) is 6.20 Å². The predicted molar refractivity (Wildman–Crippen MR) is 61.7 cm³/mol. The van der Waals surface area contributed by atoms with Crippen LogP contribution < -0.4 is 5.32 Å². The van der Waals surface area contributed by atoms with Gasteiger partial charge in [-0.2, -0.15) is 5.10 Å². The first-order chi connectivity index (χ1) is 8.18. The number of rotatable bonds is 4. The van der Waals surface area contributed by atoms with Crippen LogP contribution in [-0.4, -0.2) is 25.8 Å². The average Bonchev–Trinajstić information content (AvgIpc) is 2.72. The second-order valence-corrected chi connectivity index (χ2v) is 3.53. The molecule has 0 aliphatic heterocycles. The van der Waals surface area contributed by atoms with Gasteiger partial charge >= 0.3 is 5.97 Å². The van der Waals surface area contributed by atoms with Gasteiger partial charge in [0.2, 0.25) is 0 Å². The Balaban J connectivity index is 2.14. The number of nitrogens with zero attached hydrogens (tertiary/aromatic N) is 3. The van der Waals surface area contributed by atoms with Gasteiger partial charge in [0.25, 0.3) is 0 Å². The quantitative estimate of drug-likeness (QED) is 0.825. The van der Waals surface area contributed by atoms with Crippen molar-refractivity contribution in [1.29, 1.82) is 0 Å².